The van der Waals surface area contributed by atoms with Gasteiger partial charge in [-0.15, -0.1) is 0 Å². The summed E-state index contributed by atoms with van der Waals surface area (Å²) in [7, 11) is 1.56. The van der Waals surface area contributed by atoms with Crippen LogP contribution in [0.25, 0.3) is 22.7 Å². The van der Waals surface area contributed by atoms with Crippen molar-refractivity contribution in [2.75, 3.05) is 7.11 Å². The first-order chi connectivity index (χ1) is 13.0. The summed E-state index contributed by atoms with van der Waals surface area (Å²) in [6, 6.07) is 12.8. The van der Waals surface area contributed by atoms with E-state index in [0.717, 1.165) is 0 Å². The number of aromatic nitrogens is 1. The van der Waals surface area contributed by atoms with Gasteiger partial charge in [0.2, 0.25) is 5.89 Å². The number of methoxy groups -OCH3 is 1. The van der Waals surface area contributed by atoms with E-state index >= 15 is 0 Å². The van der Waals surface area contributed by atoms with Crippen molar-refractivity contribution < 1.29 is 23.8 Å². The van der Waals surface area contributed by atoms with Crippen LogP contribution in [0.4, 0.5) is 0 Å². The van der Waals surface area contributed by atoms with Crippen molar-refractivity contribution in [3.63, 3.8) is 0 Å². The molecule has 1 N–H and O–H groups in total. The Kier molecular flexibility index (Phi) is 5.45. The molecule has 0 spiro atoms. The fourth-order valence-electron chi connectivity index (χ4n) is 2.72. The molecule has 27 heavy (non-hydrogen) atoms. The molecule has 140 valence electrons. The van der Waals surface area contributed by atoms with E-state index in [1.54, 1.807) is 25.3 Å². The van der Waals surface area contributed by atoms with Crippen LogP contribution in [0.2, 0.25) is 0 Å². The highest BCUT2D eigenvalue weighted by atomic mass is 16.5. The van der Waals surface area contributed by atoms with E-state index < -0.39 is 5.97 Å². The summed E-state index contributed by atoms with van der Waals surface area (Å²) in [5.41, 5.74) is 2.42. The van der Waals surface area contributed by atoms with Crippen molar-refractivity contribution in [3.8, 4) is 11.5 Å². The van der Waals surface area contributed by atoms with E-state index in [-0.39, 0.29) is 18.4 Å². The van der Waals surface area contributed by atoms with E-state index in [1.165, 1.54) is 0 Å². The van der Waals surface area contributed by atoms with Gasteiger partial charge in [-0.3, -0.25) is 4.79 Å². The van der Waals surface area contributed by atoms with Crippen molar-refractivity contribution in [2.24, 2.45) is 0 Å². The van der Waals surface area contributed by atoms with Crippen molar-refractivity contribution in [3.05, 3.63) is 53.9 Å². The van der Waals surface area contributed by atoms with Gasteiger partial charge in [-0.05, 0) is 38.1 Å². The number of nitrogens with zero attached hydrogens (tertiary/aromatic N) is 1. The number of carboxylic acids is 1. The topological polar surface area (TPSA) is 81.8 Å². The van der Waals surface area contributed by atoms with E-state index in [0.29, 0.717) is 33.7 Å². The maximum absolute atomic E-state index is 11.4. The lowest BCUT2D eigenvalue weighted by Crippen LogP contribution is -2.08. The summed E-state index contributed by atoms with van der Waals surface area (Å²) in [6.45, 7) is 3.83. The lowest BCUT2D eigenvalue weighted by Gasteiger charge is -2.16. The van der Waals surface area contributed by atoms with Crippen LogP contribution in [0.15, 0.2) is 46.9 Å². The molecule has 0 bridgehead atoms. The summed E-state index contributed by atoms with van der Waals surface area (Å²) in [6.07, 6.45) is 1.42. The highest BCUT2D eigenvalue weighted by Crippen LogP contribution is 2.35. The first kappa shape index (κ1) is 18.5. The molecule has 0 atom stereocenters. The summed E-state index contributed by atoms with van der Waals surface area (Å²) in [5, 5.41) is 9.35. The number of para-hydroxylation sites is 3. The summed E-state index contributed by atoms with van der Waals surface area (Å²) >= 11 is 0. The first-order valence-corrected chi connectivity index (χ1v) is 8.60. The molecular formula is C21H21NO5. The Balaban J connectivity index is 2.12. The third kappa shape index (κ3) is 4.28. The number of oxazole rings is 1. The van der Waals surface area contributed by atoms with Gasteiger partial charge < -0.3 is 19.0 Å². The van der Waals surface area contributed by atoms with Crippen molar-refractivity contribution >= 4 is 28.7 Å². The number of aliphatic carboxylic acids is 1. The second-order valence-electron chi connectivity index (χ2n) is 6.27. The smallest absolute Gasteiger partial charge is 0.308 e. The first-order valence-electron chi connectivity index (χ1n) is 8.60. The Bertz CT molecular complexity index is 954. The minimum absolute atomic E-state index is 0.0688. The lowest BCUT2D eigenvalue weighted by atomic mass is 10.1. The molecule has 3 rings (SSSR count). The molecule has 0 fully saturated rings. The van der Waals surface area contributed by atoms with Crippen molar-refractivity contribution in [2.45, 2.75) is 26.4 Å². The number of ether oxygens (including phenoxy) is 2. The monoisotopic (exact) mass is 367 g/mol. The number of carboxylic acid groups (broad SMARTS) is 1. The van der Waals surface area contributed by atoms with Gasteiger partial charge in [0, 0.05) is 11.1 Å². The second kappa shape index (κ2) is 7.95. The van der Waals surface area contributed by atoms with Crippen molar-refractivity contribution in [1.29, 1.82) is 0 Å². The molecule has 2 aromatic carbocycles. The zero-order chi connectivity index (χ0) is 19.4. The van der Waals surface area contributed by atoms with Crippen LogP contribution in [0.1, 0.15) is 31.7 Å². The quantitative estimate of drug-likeness (QED) is 0.655. The molecule has 0 saturated carbocycles. The van der Waals surface area contributed by atoms with Crippen LogP contribution in [0.5, 0.6) is 11.5 Å². The van der Waals surface area contributed by atoms with Gasteiger partial charge in [0.15, 0.2) is 17.1 Å². The van der Waals surface area contributed by atoms with E-state index in [1.807, 2.05) is 44.2 Å². The zero-order valence-electron chi connectivity index (χ0n) is 15.4. The number of benzene rings is 2. The van der Waals surface area contributed by atoms with Crippen LogP contribution in [0.3, 0.4) is 0 Å². The number of hydrogen-bond donors (Lipinski definition) is 1. The van der Waals surface area contributed by atoms with Gasteiger partial charge in [0.05, 0.1) is 19.6 Å². The Morgan fingerprint density at radius 3 is 2.67 bits per heavy atom. The maximum Gasteiger partial charge on any atom is 0.308 e. The number of fused-ring (bicyclic) bond motifs is 1. The summed E-state index contributed by atoms with van der Waals surface area (Å²) in [4.78, 5) is 15.8. The summed E-state index contributed by atoms with van der Waals surface area (Å²) < 4.78 is 17.1. The molecule has 1 heterocycles. The van der Waals surface area contributed by atoms with Crippen LogP contribution in [-0.4, -0.2) is 29.3 Å². The molecule has 3 aromatic rings. The van der Waals surface area contributed by atoms with Crippen LogP contribution in [-0.2, 0) is 4.79 Å². The van der Waals surface area contributed by atoms with Crippen molar-refractivity contribution in [1.82, 2.24) is 4.98 Å². The summed E-state index contributed by atoms with van der Waals surface area (Å²) in [5.74, 6) is 0.424. The normalized spacial score (nSPS) is 11.8. The zero-order valence-corrected chi connectivity index (χ0v) is 15.4. The van der Waals surface area contributed by atoms with Crippen LogP contribution in [0, 0.1) is 0 Å². The average Bonchev–Trinajstić information content (AvgIpc) is 3.06. The molecule has 0 unspecified atom stereocenters. The lowest BCUT2D eigenvalue weighted by molar-refractivity contribution is -0.135. The SMILES string of the molecule is COc1cccc(/C=C(\CC(=O)O)c2nc3ccccc3o2)c1OC(C)C. The fraction of sp³-hybridized carbons (Fsp3) is 0.238. The largest absolute Gasteiger partial charge is 0.493 e. The molecule has 6 heteroatoms. The predicted molar refractivity (Wildman–Crippen MR) is 103 cm³/mol. The van der Waals surface area contributed by atoms with Gasteiger partial charge >= 0.3 is 5.97 Å². The number of carbonyl (C=O) groups is 1. The third-order valence-electron chi connectivity index (χ3n) is 3.82. The number of rotatable bonds is 7. The predicted octanol–water partition coefficient (Wildman–Crippen LogP) is 4.64. The molecule has 0 radical (unpaired) electrons. The molecule has 0 aliphatic carbocycles. The highest BCUT2D eigenvalue weighted by molar-refractivity contribution is 5.92. The van der Waals surface area contributed by atoms with Crippen LogP contribution < -0.4 is 9.47 Å². The van der Waals surface area contributed by atoms with E-state index in [2.05, 4.69) is 4.98 Å². The van der Waals surface area contributed by atoms with E-state index in [4.69, 9.17) is 13.9 Å². The molecule has 0 amide bonds. The third-order valence-corrected chi connectivity index (χ3v) is 3.82. The standard InChI is InChI=1S/C21H21NO5/c1-13(2)26-20-14(7-6-10-18(20)25-3)11-15(12-19(23)24)21-22-16-8-4-5-9-17(16)27-21/h4-11,13H,12H2,1-3H3,(H,23,24)/b15-11+. The molecular weight excluding hydrogens is 346 g/mol. The van der Waals surface area contributed by atoms with Gasteiger partial charge in [-0.25, -0.2) is 4.98 Å². The minimum Gasteiger partial charge on any atom is -0.493 e. The maximum atomic E-state index is 11.4. The number of hydrogen-bond acceptors (Lipinski definition) is 5. The average molecular weight is 367 g/mol. The fourth-order valence-corrected chi connectivity index (χ4v) is 2.72. The second-order valence-corrected chi connectivity index (χ2v) is 6.27. The Hall–Kier alpha value is -3.28. The molecule has 1 aromatic heterocycles. The Morgan fingerprint density at radius 2 is 2.00 bits per heavy atom. The Morgan fingerprint density at radius 1 is 1.22 bits per heavy atom. The molecule has 6 nitrogen and oxygen atoms in total. The molecule has 0 aliphatic rings. The Labute approximate surface area is 157 Å². The van der Waals surface area contributed by atoms with Gasteiger partial charge in [-0.2, -0.15) is 0 Å². The van der Waals surface area contributed by atoms with Gasteiger partial charge in [-0.1, -0.05) is 24.3 Å². The molecule has 0 saturated heterocycles. The van der Waals surface area contributed by atoms with Gasteiger partial charge in [0.25, 0.3) is 0 Å². The van der Waals surface area contributed by atoms with Crippen LogP contribution >= 0.6 is 0 Å². The van der Waals surface area contributed by atoms with E-state index in [9.17, 15) is 9.90 Å². The molecule has 0 aliphatic heterocycles. The van der Waals surface area contributed by atoms with Gasteiger partial charge in [0.1, 0.15) is 5.52 Å². The highest BCUT2D eigenvalue weighted by Gasteiger charge is 2.17. The minimum atomic E-state index is -0.974.